The summed E-state index contributed by atoms with van der Waals surface area (Å²) in [6.07, 6.45) is 1.42. The molecule has 0 atom stereocenters. The van der Waals surface area contributed by atoms with Gasteiger partial charge in [-0.25, -0.2) is 0 Å². The van der Waals surface area contributed by atoms with E-state index in [1.54, 1.807) is 25.1 Å². The highest BCUT2D eigenvalue weighted by molar-refractivity contribution is 7.90. The Morgan fingerprint density at radius 2 is 1.55 bits per heavy atom. The summed E-state index contributed by atoms with van der Waals surface area (Å²) in [5, 5.41) is 2.04. The van der Waals surface area contributed by atoms with Gasteiger partial charge in [0.1, 0.15) is 0 Å². The molecule has 0 aliphatic carbocycles. The molecule has 0 radical (unpaired) electrons. The second-order valence-corrected chi connectivity index (χ2v) is 6.64. The maximum atomic E-state index is 12.4. The highest BCUT2D eigenvalue weighted by Gasteiger charge is 2.14. The third kappa shape index (κ3) is 2.78. The summed E-state index contributed by atoms with van der Waals surface area (Å²) in [4.78, 5) is 0.242. The molecule has 3 aromatic rings. The SMILES string of the molecule is Cc1ccccc1S(=O)(=O)/N=C/c1cccc2ccccc12. The summed E-state index contributed by atoms with van der Waals surface area (Å²) in [6.45, 7) is 1.76. The maximum Gasteiger partial charge on any atom is 0.282 e. The first-order chi connectivity index (χ1) is 10.6. The molecule has 3 nitrogen and oxygen atoms in total. The second kappa shape index (κ2) is 5.73. The van der Waals surface area contributed by atoms with Crippen molar-refractivity contribution >= 4 is 27.0 Å². The Labute approximate surface area is 130 Å². The van der Waals surface area contributed by atoms with E-state index in [1.807, 2.05) is 48.5 Å². The van der Waals surface area contributed by atoms with E-state index in [4.69, 9.17) is 0 Å². The lowest BCUT2D eigenvalue weighted by atomic mass is 10.1. The summed E-state index contributed by atoms with van der Waals surface area (Å²) in [7, 11) is -3.69. The number of benzene rings is 3. The van der Waals surface area contributed by atoms with Crippen LogP contribution in [0.3, 0.4) is 0 Å². The van der Waals surface area contributed by atoms with Crippen molar-refractivity contribution in [3.8, 4) is 0 Å². The topological polar surface area (TPSA) is 46.5 Å². The third-order valence-corrected chi connectivity index (χ3v) is 4.92. The molecular formula is C18H15NO2S. The van der Waals surface area contributed by atoms with Crippen molar-refractivity contribution in [2.24, 2.45) is 4.40 Å². The van der Waals surface area contributed by atoms with Gasteiger partial charge in [0.25, 0.3) is 10.0 Å². The molecule has 0 aliphatic rings. The first-order valence-electron chi connectivity index (χ1n) is 6.92. The minimum absolute atomic E-state index is 0.242. The van der Waals surface area contributed by atoms with Crippen molar-refractivity contribution < 1.29 is 8.42 Å². The second-order valence-electron chi connectivity index (χ2n) is 5.04. The first kappa shape index (κ1) is 14.5. The number of hydrogen-bond donors (Lipinski definition) is 0. The lowest BCUT2D eigenvalue weighted by Crippen LogP contribution is -2.00. The molecule has 3 rings (SSSR count). The van der Waals surface area contributed by atoms with Crippen LogP contribution < -0.4 is 0 Å². The van der Waals surface area contributed by atoms with E-state index < -0.39 is 10.0 Å². The Morgan fingerprint density at radius 3 is 2.36 bits per heavy atom. The number of aryl methyl sites for hydroxylation is 1. The highest BCUT2D eigenvalue weighted by Crippen LogP contribution is 2.19. The number of nitrogens with zero attached hydrogens (tertiary/aromatic N) is 1. The van der Waals surface area contributed by atoms with Gasteiger partial charge in [-0.3, -0.25) is 0 Å². The Balaban J connectivity index is 2.05. The lowest BCUT2D eigenvalue weighted by molar-refractivity contribution is 0.597. The Bertz CT molecular complexity index is 954. The summed E-state index contributed by atoms with van der Waals surface area (Å²) >= 11 is 0. The van der Waals surface area contributed by atoms with Crippen molar-refractivity contribution in [1.29, 1.82) is 0 Å². The molecule has 0 spiro atoms. The molecule has 110 valence electrons. The Kier molecular flexibility index (Phi) is 3.77. The van der Waals surface area contributed by atoms with Crippen LogP contribution in [0.2, 0.25) is 0 Å². The van der Waals surface area contributed by atoms with Crippen LogP contribution in [0.4, 0.5) is 0 Å². The van der Waals surface area contributed by atoms with Crippen LogP contribution in [-0.2, 0) is 10.0 Å². The van der Waals surface area contributed by atoms with E-state index >= 15 is 0 Å². The van der Waals surface area contributed by atoms with Crippen molar-refractivity contribution in [3.05, 3.63) is 77.9 Å². The zero-order valence-electron chi connectivity index (χ0n) is 12.1. The smallest absolute Gasteiger partial charge is 0.199 e. The minimum atomic E-state index is -3.69. The van der Waals surface area contributed by atoms with Crippen LogP contribution in [-0.4, -0.2) is 14.6 Å². The maximum absolute atomic E-state index is 12.4. The van der Waals surface area contributed by atoms with Crippen LogP contribution in [0.25, 0.3) is 10.8 Å². The molecule has 0 aromatic heterocycles. The lowest BCUT2D eigenvalue weighted by Gasteiger charge is -2.03. The van der Waals surface area contributed by atoms with Gasteiger partial charge < -0.3 is 0 Å². The minimum Gasteiger partial charge on any atom is -0.199 e. The molecule has 0 fully saturated rings. The zero-order chi connectivity index (χ0) is 15.6. The first-order valence-corrected chi connectivity index (χ1v) is 8.36. The van der Waals surface area contributed by atoms with Gasteiger partial charge in [0.15, 0.2) is 0 Å². The molecule has 4 heteroatoms. The molecule has 0 saturated heterocycles. The molecule has 0 heterocycles. The van der Waals surface area contributed by atoms with Crippen LogP contribution >= 0.6 is 0 Å². The molecular weight excluding hydrogens is 294 g/mol. The highest BCUT2D eigenvalue weighted by atomic mass is 32.2. The summed E-state index contributed by atoms with van der Waals surface area (Å²) < 4.78 is 28.6. The molecule has 0 unspecified atom stereocenters. The van der Waals surface area contributed by atoms with E-state index in [-0.39, 0.29) is 4.90 Å². The summed E-state index contributed by atoms with van der Waals surface area (Å²) in [5.41, 5.74) is 1.48. The zero-order valence-corrected chi connectivity index (χ0v) is 12.9. The fourth-order valence-corrected chi connectivity index (χ4v) is 3.48. The van der Waals surface area contributed by atoms with E-state index in [0.717, 1.165) is 16.3 Å². The Hall–Kier alpha value is -2.46. The van der Waals surface area contributed by atoms with Crippen LogP contribution in [0.5, 0.6) is 0 Å². The fraction of sp³-hybridized carbons (Fsp3) is 0.0556. The van der Waals surface area contributed by atoms with Gasteiger partial charge in [-0.15, -0.1) is 0 Å². The summed E-state index contributed by atoms with van der Waals surface area (Å²) in [5.74, 6) is 0. The van der Waals surface area contributed by atoms with Gasteiger partial charge >= 0.3 is 0 Å². The van der Waals surface area contributed by atoms with Crippen molar-refractivity contribution in [3.63, 3.8) is 0 Å². The molecule has 0 aliphatic heterocycles. The van der Waals surface area contributed by atoms with Gasteiger partial charge in [0.05, 0.1) is 4.90 Å². The van der Waals surface area contributed by atoms with Gasteiger partial charge in [-0.1, -0.05) is 60.7 Å². The number of hydrogen-bond acceptors (Lipinski definition) is 2. The predicted molar refractivity (Wildman–Crippen MR) is 89.9 cm³/mol. The van der Waals surface area contributed by atoms with E-state index in [1.165, 1.54) is 6.21 Å². The Morgan fingerprint density at radius 1 is 0.864 bits per heavy atom. The quantitative estimate of drug-likeness (QED) is 0.688. The number of sulfonamides is 1. The van der Waals surface area contributed by atoms with Crippen LogP contribution in [0, 0.1) is 6.92 Å². The molecule has 0 saturated carbocycles. The van der Waals surface area contributed by atoms with Crippen molar-refractivity contribution in [2.45, 2.75) is 11.8 Å². The standard InChI is InChI=1S/C18H15NO2S/c1-14-7-2-5-12-18(14)22(20,21)19-13-16-10-6-9-15-8-3-4-11-17(15)16/h2-13H,1H3/b19-13+. The van der Waals surface area contributed by atoms with Crippen LogP contribution in [0.15, 0.2) is 76.0 Å². The van der Waals surface area contributed by atoms with E-state index in [9.17, 15) is 8.42 Å². The van der Waals surface area contributed by atoms with Crippen LogP contribution in [0.1, 0.15) is 11.1 Å². The average Bonchev–Trinajstić information content (AvgIpc) is 2.53. The van der Waals surface area contributed by atoms with Gasteiger partial charge in [0.2, 0.25) is 0 Å². The average molecular weight is 309 g/mol. The van der Waals surface area contributed by atoms with Gasteiger partial charge in [-0.05, 0) is 29.3 Å². The predicted octanol–water partition coefficient (Wildman–Crippen LogP) is 3.96. The third-order valence-electron chi connectivity index (χ3n) is 3.53. The number of fused-ring (bicyclic) bond motifs is 1. The van der Waals surface area contributed by atoms with E-state index in [2.05, 4.69) is 4.40 Å². The summed E-state index contributed by atoms with van der Waals surface area (Å²) in [6, 6.07) is 20.4. The molecule has 0 bridgehead atoms. The van der Waals surface area contributed by atoms with Gasteiger partial charge in [-0.2, -0.15) is 12.8 Å². The molecule has 22 heavy (non-hydrogen) atoms. The van der Waals surface area contributed by atoms with Crippen molar-refractivity contribution in [1.82, 2.24) is 0 Å². The fourth-order valence-electron chi connectivity index (χ4n) is 2.39. The van der Waals surface area contributed by atoms with E-state index in [0.29, 0.717) is 5.56 Å². The monoisotopic (exact) mass is 309 g/mol. The molecule has 0 amide bonds. The largest absolute Gasteiger partial charge is 0.282 e. The molecule has 3 aromatic carbocycles. The normalized spacial score (nSPS) is 12.0. The van der Waals surface area contributed by atoms with Gasteiger partial charge in [0, 0.05) is 11.8 Å². The molecule has 0 N–H and O–H groups in total. The van der Waals surface area contributed by atoms with Crippen molar-refractivity contribution in [2.75, 3.05) is 0 Å². The number of rotatable bonds is 3.